The number of H-pyrrole nitrogens is 1. The van der Waals surface area contributed by atoms with E-state index in [4.69, 9.17) is 5.73 Å². The molecule has 1 aromatic carbocycles. The molecule has 0 fully saturated rings. The van der Waals surface area contributed by atoms with Crippen LogP contribution >= 0.6 is 0 Å². The minimum atomic E-state index is -0.900. The van der Waals surface area contributed by atoms with Gasteiger partial charge in [0.2, 0.25) is 0 Å². The lowest BCUT2D eigenvalue weighted by Crippen LogP contribution is -1.97. The summed E-state index contributed by atoms with van der Waals surface area (Å²) in [6, 6.07) is 2.11. The minimum absolute atomic E-state index is 0.220. The Labute approximate surface area is 72.6 Å². The summed E-state index contributed by atoms with van der Waals surface area (Å²) >= 11 is 0. The van der Waals surface area contributed by atoms with Gasteiger partial charge in [-0.3, -0.25) is 0 Å². The molecule has 2 rings (SSSR count). The average Bonchev–Trinajstić information content (AvgIpc) is 2.48. The van der Waals surface area contributed by atoms with E-state index in [0.717, 1.165) is 12.1 Å². The first-order valence-corrected chi connectivity index (χ1v) is 3.74. The van der Waals surface area contributed by atoms with Crippen LogP contribution in [-0.2, 0) is 6.54 Å². The van der Waals surface area contributed by atoms with E-state index in [1.807, 2.05) is 0 Å². The standard InChI is InChI=1S/C8H7F2N3/c9-4-1-6-7(2-5(4)10)13-8(3-11)12-6/h1-2H,3,11H2,(H,12,13). The number of imidazole rings is 1. The molecule has 5 heteroatoms. The Morgan fingerprint density at radius 1 is 1.31 bits per heavy atom. The maximum atomic E-state index is 12.7. The van der Waals surface area contributed by atoms with Gasteiger partial charge in [0.25, 0.3) is 0 Å². The van der Waals surface area contributed by atoms with Crippen LogP contribution in [0.4, 0.5) is 8.78 Å². The van der Waals surface area contributed by atoms with Crippen molar-refractivity contribution in [2.75, 3.05) is 0 Å². The molecule has 1 heterocycles. The predicted molar refractivity (Wildman–Crippen MR) is 43.9 cm³/mol. The number of halogens is 2. The zero-order valence-electron chi connectivity index (χ0n) is 6.64. The van der Waals surface area contributed by atoms with Crippen molar-refractivity contribution in [3.05, 3.63) is 29.6 Å². The third-order valence-corrected chi connectivity index (χ3v) is 1.77. The summed E-state index contributed by atoms with van der Waals surface area (Å²) in [5, 5.41) is 0. The van der Waals surface area contributed by atoms with Crippen molar-refractivity contribution in [1.82, 2.24) is 9.97 Å². The summed E-state index contributed by atoms with van der Waals surface area (Å²) in [5.41, 5.74) is 6.15. The van der Waals surface area contributed by atoms with E-state index in [1.54, 1.807) is 0 Å². The quantitative estimate of drug-likeness (QED) is 0.700. The number of aromatic nitrogens is 2. The fourth-order valence-corrected chi connectivity index (χ4v) is 1.15. The molecule has 2 aromatic rings. The summed E-state index contributed by atoms with van der Waals surface area (Å²) in [4.78, 5) is 6.72. The normalized spacial score (nSPS) is 11.0. The third-order valence-electron chi connectivity index (χ3n) is 1.77. The van der Waals surface area contributed by atoms with E-state index in [9.17, 15) is 8.78 Å². The average molecular weight is 183 g/mol. The van der Waals surface area contributed by atoms with Gasteiger partial charge >= 0.3 is 0 Å². The molecule has 68 valence electrons. The summed E-state index contributed by atoms with van der Waals surface area (Å²) in [6.07, 6.45) is 0. The molecule has 0 amide bonds. The van der Waals surface area contributed by atoms with Crippen LogP contribution in [0.25, 0.3) is 11.0 Å². The lowest BCUT2D eigenvalue weighted by molar-refractivity contribution is 0.510. The molecule has 13 heavy (non-hydrogen) atoms. The Morgan fingerprint density at radius 3 is 2.69 bits per heavy atom. The molecule has 0 atom stereocenters. The lowest BCUT2D eigenvalue weighted by Gasteiger charge is -1.90. The summed E-state index contributed by atoms with van der Waals surface area (Å²) in [5.74, 6) is -1.28. The van der Waals surface area contributed by atoms with E-state index in [-0.39, 0.29) is 6.54 Å². The number of benzene rings is 1. The van der Waals surface area contributed by atoms with Gasteiger partial charge in [0.05, 0.1) is 17.6 Å². The van der Waals surface area contributed by atoms with Gasteiger partial charge in [-0.05, 0) is 0 Å². The zero-order chi connectivity index (χ0) is 9.42. The fourth-order valence-electron chi connectivity index (χ4n) is 1.15. The molecule has 0 radical (unpaired) electrons. The highest BCUT2D eigenvalue weighted by molar-refractivity contribution is 5.75. The zero-order valence-corrected chi connectivity index (χ0v) is 6.64. The first-order valence-electron chi connectivity index (χ1n) is 3.74. The van der Waals surface area contributed by atoms with E-state index < -0.39 is 11.6 Å². The highest BCUT2D eigenvalue weighted by Gasteiger charge is 2.07. The van der Waals surface area contributed by atoms with E-state index in [1.165, 1.54) is 0 Å². The van der Waals surface area contributed by atoms with Crippen molar-refractivity contribution in [2.24, 2.45) is 5.73 Å². The maximum absolute atomic E-state index is 12.7. The van der Waals surface area contributed by atoms with Gasteiger partial charge in [-0.15, -0.1) is 0 Å². The number of fused-ring (bicyclic) bond motifs is 1. The number of hydrogen-bond acceptors (Lipinski definition) is 2. The first kappa shape index (κ1) is 8.12. The summed E-state index contributed by atoms with van der Waals surface area (Å²) < 4.78 is 25.4. The molecule has 0 aliphatic rings. The van der Waals surface area contributed by atoms with E-state index in [0.29, 0.717) is 16.9 Å². The molecule has 0 aliphatic carbocycles. The Balaban J connectivity index is 2.70. The smallest absolute Gasteiger partial charge is 0.161 e. The molecular formula is C8H7F2N3. The van der Waals surface area contributed by atoms with Crippen LogP contribution in [0.5, 0.6) is 0 Å². The fraction of sp³-hybridized carbons (Fsp3) is 0.125. The predicted octanol–water partition coefficient (Wildman–Crippen LogP) is 1.30. The Bertz CT molecular complexity index is 411. The highest BCUT2D eigenvalue weighted by atomic mass is 19.2. The van der Waals surface area contributed by atoms with Crippen molar-refractivity contribution in [3.63, 3.8) is 0 Å². The van der Waals surface area contributed by atoms with Crippen LogP contribution in [0.3, 0.4) is 0 Å². The van der Waals surface area contributed by atoms with Gasteiger partial charge in [0.1, 0.15) is 5.82 Å². The molecule has 0 saturated carbocycles. The Morgan fingerprint density at radius 2 is 2.00 bits per heavy atom. The van der Waals surface area contributed by atoms with Crippen molar-refractivity contribution < 1.29 is 8.78 Å². The number of nitrogens with zero attached hydrogens (tertiary/aromatic N) is 1. The molecule has 1 aromatic heterocycles. The van der Waals surface area contributed by atoms with Crippen LogP contribution in [0, 0.1) is 11.6 Å². The van der Waals surface area contributed by atoms with E-state index in [2.05, 4.69) is 9.97 Å². The summed E-state index contributed by atoms with van der Waals surface area (Å²) in [7, 11) is 0. The monoisotopic (exact) mass is 183 g/mol. The lowest BCUT2D eigenvalue weighted by atomic mass is 10.3. The van der Waals surface area contributed by atoms with Gasteiger partial charge < -0.3 is 10.7 Å². The third kappa shape index (κ3) is 1.27. The van der Waals surface area contributed by atoms with Gasteiger partial charge in [0, 0.05) is 12.1 Å². The molecule has 0 spiro atoms. The highest BCUT2D eigenvalue weighted by Crippen LogP contribution is 2.15. The van der Waals surface area contributed by atoms with Gasteiger partial charge in [0.15, 0.2) is 11.6 Å². The molecule has 0 unspecified atom stereocenters. The number of nitrogens with two attached hydrogens (primary N) is 1. The number of hydrogen-bond donors (Lipinski definition) is 2. The van der Waals surface area contributed by atoms with Crippen LogP contribution in [0.2, 0.25) is 0 Å². The second-order valence-electron chi connectivity index (χ2n) is 2.67. The first-order chi connectivity index (χ1) is 6.20. The van der Waals surface area contributed by atoms with Gasteiger partial charge in [-0.1, -0.05) is 0 Å². The Kier molecular flexibility index (Phi) is 1.73. The van der Waals surface area contributed by atoms with Crippen molar-refractivity contribution in [3.8, 4) is 0 Å². The van der Waals surface area contributed by atoms with Crippen molar-refractivity contribution in [2.45, 2.75) is 6.54 Å². The molecule has 0 bridgehead atoms. The molecular weight excluding hydrogens is 176 g/mol. The molecule has 3 nitrogen and oxygen atoms in total. The van der Waals surface area contributed by atoms with Crippen LogP contribution in [0.1, 0.15) is 5.82 Å². The van der Waals surface area contributed by atoms with Crippen LogP contribution in [-0.4, -0.2) is 9.97 Å². The number of aromatic amines is 1. The molecule has 0 saturated heterocycles. The summed E-state index contributed by atoms with van der Waals surface area (Å²) in [6.45, 7) is 0.220. The SMILES string of the molecule is NCc1nc2cc(F)c(F)cc2[nH]1. The molecule has 0 aliphatic heterocycles. The topological polar surface area (TPSA) is 54.7 Å². The van der Waals surface area contributed by atoms with Crippen molar-refractivity contribution >= 4 is 11.0 Å². The number of nitrogens with one attached hydrogen (secondary N) is 1. The maximum Gasteiger partial charge on any atom is 0.161 e. The largest absolute Gasteiger partial charge is 0.341 e. The van der Waals surface area contributed by atoms with Gasteiger partial charge in [-0.2, -0.15) is 0 Å². The van der Waals surface area contributed by atoms with Gasteiger partial charge in [-0.25, -0.2) is 13.8 Å². The van der Waals surface area contributed by atoms with Crippen LogP contribution < -0.4 is 5.73 Å². The number of rotatable bonds is 1. The van der Waals surface area contributed by atoms with E-state index >= 15 is 0 Å². The second-order valence-corrected chi connectivity index (χ2v) is 2.67. The van der Waals surface area contributed by atoms with Crippen LogP contribution in [0.15, 0.2) is 12.1 Å². The minimum Gasteiger partial charge on any atom is -0.341 e. The Hall–Kier alpha value is -1.49. The molecule has 3 N–H and O–H groups in total. The second kappa shape index (κ2) is 2.77. The van der Waals surface area contributed by atoms with Crippen molar-refractivity contribution in [1.29, 1.82) is 0 Å².